The van der Waals surface area contributed by atoms with E-state index in [0.717, 1.165) is 12.1 Å². The predicted molar refractivity (Wildman–Crippen MR) is 65.1 cm³/mol. The molecule has 4 nitrogen and oxygen atoms in total. The largest absolute Gasteiger partial charge is 0.443 e. The molecule has 92 valence electrons. The van der Waals surface area contributed by atoms with Crippen LogP contribution >= 0.6 is 0 Å². The van der Waals surface area contributed by atoms with Gasteiger partial charge in [0.25, 0.3) is 0 Å². The molecule has 1 saturated heterocycles. The molecule has 4 heteroatoms. The normalized spacial score (nSPS) is 20.2. The van der Waals surface area contributed by atoms with Crippen LogP contribution in [0.15, 0.2) is 24.3 Å². The summed E-state index contributed by atoms with van der Waals surface area (Å²) in [5.41, 5.74) is 2.09. The molecule has 0 saturated carbocycles. The predicted octanol–water partition coefficient (Wildman–Crippen LogP) is 1.96. The fourth-order valence-electron chi connectivity index (χ4n) is 1.90. The molecule has 1 fully saturated rings. The van der Waals surface area contributed by atoms with Crippen molar-refractivity contribution in [3.05, 3.63) is 29.8 Å². The molecular weight excluding hydrogens is 218 g/mol. The van der Waals surface area contributed by atoms with Gasteiger partial charge in [-0.2, -0.15) is 0 Å². The third kappa shape index (κ3) is 2.58. The van der Waals surface area contributed by atoms with Gasteiger partial charge in [0.05, 0.1) is 6.61 Å². The average molecular weight is 235 g/mol. The molecular formula is C13H17NO3. The summed E-state index contributed by atoms with van der Waals surface area (Å²) in [6.45, 7) is 2.58. The number of carbonyl (C=O) groups is 1. The van der Waals surface area contributed by atoms with Crippen LogP contribution in [0.1, 0.15) is 18.9 Å². The number of aliphatic hydroxyl groups excluding tert-OH is 1. The van der Waals surface area contributed by atoms with Crippen LogP contribution in [-0.2, 0) is 11.2 Å². The molecule has 2 rings (SSSR count). The Hall–Kier alpha value is -1.55. The molecule has 0 aliphatic carbocycles. The zero-order chi connectivity index (χ0) is 12.3. The summed E-state index contributed by atoms with van der Waals surface area (Å²) in [7, 11) is 0. The first-order chi connectivity index (χ1) is 8.24. The number of nitrogens with zero attached hydrogens (tertiary/aromatic N) is 1. The SMILES string of the molecule is CCc1ccc(N2CCC(CO)OC2=O)cc1. The number of aryl methyl sites for hydroxylation is 1. The minimum Gasteiger partial charge on any atom is -0.443 e. The number of rotatable bonds is 3. The fraction of sp³-hybridized carbons (Fsp3) is 0.462. The van der Waals surface area contributed by atoms with E-state index in [0.29, 0.717) is 13.0 Å². The maximum atomic E-state index is 11.7. The highest BCUT2D eigenvalue weighted by atomic mass is 16.6. The summed E-state index contributed by atoms with van der Waals surface area (Å²) < 4.78 is 5.10. The number of cyclic esters (lactones) is 1. The van der Waals surface area contributed by atoms with Crippen molar-refractivity contribution in [1.82, 2.24) is 0 Å². The van der Waals surface area contributed by atoms with Gasteiger partial charge >= 0.3 is 6.09 Å². The molecule has 1 aromatic carbocycles. The van der Waals surface area contributed by atoms with E-state index in [9.17, 15) is 4.79 Å². The third-order valence-corrected chi connectivity index (χ3v) is 3.02. The van der Waals surface area contributed by atoms with E-state index >= 15 is 0 Å². The number of ether oxygens (including phenoxy) is 1. The zero-order valence-corrected chi connectivity index (χ0v) is 9.93. The summed E-state index contributed by atoms with van der Waals surface area (Å²) >= 11 is 0. The van der Waals surface area contributed by atoms with E-state index in [2.05, 4.69) is 6.92 Å². The van der Waals surface area contributed by atoms with Gasteiger partial charge in [0.2, 0.25) is 0 Å². The molecule has 1 unspecified atom stereocenters. The van der Waals surface area contributed by atoms with Crippen LogP contribution in [-0.4, -0.2) is 30.5 Å². The number of benzene rings is 1. The molecule has 0 bridgehead atoms. The van der Waals surface area contributed by atoms with Gasteiger partial charge in [-0.3, -0.25) is 4.90 Å². The molecule has 1 aromatic rings. The first-order valence-corrected chi connectivity index (χ1v) is 5.92. The van der Waals surface area contributed by atoms with E-state index in [-0.39, 0.29) is 18.8 Å². The van der Waals surface area contributed by atoms with Crippen LogP contribution in [0.5, 0.6) is 0 Å². The topological polar surface area (TPSA) is 49.8 Å². The Kier molecular flexibility index (Phi) is 3.64. The second-order valence-electron chi connectivity index (χ2n) is 4.15. The van der Waals surface area contributed by atoms with Gasteiger partial charge in [0.1, 0.15) is 6.10 Å². The summed E-state index contributed by atoms with van der Waals surface area (Å²) in [5.74, 6) is 0. The lowest BCUT2D eigenvalue weighted by atomic mass is 10.1. The second kappa shape index (κ2) is 5.19. The maximum Gasteiger partial charge on any atom is 0.414 e. The van der Waals surface area contributed by atoms with E-state index < -0.39 is 0 Å². The summed E-state index contributed by atoms with van der Waals surface area (Å²) in [6.07, 6.45) is 0.919. The van der Waals surface area contributed by atoms with Crippen LogP contribution in [0.2, 0.25) is 0 Å². The quantitative estimate of drug-likeness (QED) is 0.871. The molecule has 0 aromatic heterocycles. The van der Waals surface area contributed by atoms with Crippen molar-refractivity contribution in [3.63, 3.8) is 0 Å². The van der Waals surface area contributed by atoms with Crippen molar-refractivity contribution >= 4 is 11.8 Å². The molecule has 0 spiro atoms. The average Bonchev–Trinajstić information content (AvgIpc) is 2.39. The van der Waals surface area contributed by atoms with Gasteiger partial charge < -0.3 is 9.84 Å². The zero-order valence-electron chi connectivity index (χ0n) is 9.93. The standard InChI is InChI=1S/C13H17NO3/c1-2-10-3-5-11(6-4-10)14-8-7-12(9-15)17-13(14)16/h3-6,12,15H,2,7-9H2,1H3. The molecule has 17 heavy (non-hydrogen) atoms. The molecule has 1 amide bonds. The molecule has 1 atom stereocenters. The first-order valence-electron chi connectivity index (χ1n) is 5.92. The number of hydrogen-bond donors (Lipinski definition) is 1. The Labute approximate surface area is 101 Å². The van der Waals surface area contributed by atoms with Crippen LogP contribution in [0.3, 0.4) is 0 Å². The van der Waals surface area contributed by atoms with Crippen molar-refractivity contribution in [2.24, 2.45) is 0 Å². The van der Waals surface area contributed by atoms with Crippen LogP contribution in [0.4, 0.5) is 10.5 Å². The smallest absolute Gasteiger partial charge is 0.414 e. The van der Waals surface area contributed by atoms with Gasteiger partial charge in [-0.1, -0.05) is 19.1 Å². The lowest BCUT2D eigenvalue weighted by molar-refractivity contribution is 0.0453. The third-order valence-electron chi connectivity index (χ3n) is 3.02. The molecule has 1 aliphatic rings. The van der Waals surface area contributed by atoms with Gasteiger partial charge in [-0.15, -0.1) is 0 Å². The van der Waals surface area contributed by atoms with Crippen LogP contribution in [0, 0.1) is 0 Å². The number of hydrogen-bond acceptors (Lipinski definition) is 3. The van der Waals surface area contributed by atoms with Gasteiger partial charge in [0, 0.05) is 18.7 Å². The Bertz CT molecular complexity index is 388. The second-order valence-corrected chi connectivity index (χ2v) is 4.15. The fourth-order valence-corrected chi connectivity index (χ4v) is 1.90. The lowest BCUT2D eigenvalue weighted by Gasteiger charge is -2.30. The van der Waals surface area contributed by atoms with E-state index in [1.807, 2.05) is 24.3 Å². The van der Waals surface area contributed by atoms with Crippen molar-refractivity contribution < 1.29 is 14.6 Å². The summed E-state index contributed by atoms with van der Waals surface area (Å²) in [4.78, 5) is 13.3. The van der Waals surface area contributed by atoms with Crippen LogP contribution < -0.4 is 4.90 Å². The monoisotopic (exact) mass is 235 g/mol. The molecule has 1 aliphatic heterocycles. The minimum absolute atomic E-state index is 0.103. The minimum atomic E-state index is -0.375. The van der Waals surface area contributed by atoms with E-state index in [1.54, 1.807) is 4.90 Å². The molecule has 0 radical (unpaired) electrons. The van der Waals surface area contributed by atoms with Gasteiger partial charge in [-0.05, 0) is 24.1 Å². The Morgan fingerprint density at radius 2 is 2.12 bits per heavy atom. The first kappa shape index (κ1) is 11.9. The summed E-state index contributed by atoms with van der Waals surface area (Å²) in [5, 5.41) is 8.94. The molecule has 1 heterocycles. The molecule has 1 N–H and O–H groups in total. The highest BCUT2D eigenvalue weighted by Gasteiger charge is 2.27. The number of amides is 1. The Morgan fingerprint density at radius 3 is 2.65 bits per heavy atom. The lowest BCUT2D eigenvalue weighted by Crippen LogP contribution is -2.43. The highest BCUT2D eigenvalue weighted by Crippen LogP contribution is 2.21. The van der Waals surface area contributed by atoms with E-state index in [1.165, 1.54) is 5.56 Å². The van der Waals surface area contributed by atoms with Crippen molar-refractivity contribution in [3.8, 4) is 0 Å². The summed E-state index contributed by atoms with van der Waals surface area (Å²) in [6, 6.07) is 7.89. The highest BCUT2D eigenvalue weighted by molar-refractivity contribution is 5.88. The Morgan fingerprint density at radius 1 is 1.41 bits per heavy atom. The van der Waals surface area contributed by atoms with Crippen molar-refractivity contribution in [2.45, 2.75) is 25.9 Å². The Balaban J connectivity index is 2.09. The van der Waals surface area contributed by atoms with Crippen molar-refractivity contribution in [2.75, 3.05) is 18.1 Å². The number of aliphatic hydroxyl groups is 1. The van der Waals surface area contributed by atoms with E-state index in [4.69, 9.17) is 9.84 Å². The maximum absolute atomic E-state index is 11.7. The number of anilines is 1. The van der Waals surface area contributed by atoms with Crippen LogP contribution in [0.25, 0.3) is 0 Å². The van der Waals surface area contributed by atoms with Crippen molar-refractivity contribution in [1.29, 1.82) is 0 Å². The van der Waals surface area contributed by atoms with Gasteiger partial charge in [0.15, 0.2) is 0 Å². The van der Waals surface area contributed by atoms with Gasteiger partial charge in [-0.25, -0.2) is 4.79 Å². The number of carbonyl (C=O) groups excluding carboxylic acids is 1.